The van der Waals surface area contributed by atoms with Crippen molar-refractivity contribution in [1.29, 1.82) is 0 Å². The molecule has 4 rings (SSSR count). The van der Waals surface area contributed by atoms with Crippen LogP contribution in [0, 0.1) is 0 Å². The van der Waals surface area contributed by atoms with Gasteiger partial charge in [0, 0.05) is 29.5 Å². The third kappa shape index (κ3) is 4.83. The first kappa shape index (κ1) is 22.4. The molecule has 1 saturated carbocycles. The lowest BCUT2D eigenvalue weighted by Gasteiger charge is -2.39. The minimum atomic E-state index is -4.39. The monoisotopic (exact) mass is 443 g/mol. The zero-order valence-corrected chi connectivity index (χ0v) is 18.0. The van der Waals surface area contributed by atoms with Crippen molar-refractivity contribution < 1.29 is 18.0 Å². The Hall–Kier alpha value is -2.80. The molecular weight excluding hydrogens is 415 g/mol. The molecule has 32 heavy (non-hydrogen) atoms. The summed E-state index contributed by atoms with van der Waals surface area (Å²) in [4.78, 5) is 18.2. The summed E-state index contributed by atoms with van der Waals surface area (Å²) in [5.74, 6) is -0.107. The van der Waals surface area contributed by atoms with Crippen LogP contribution in [0.25, 0.3) is 10.9 Å². The molecule has 3 unspecified atom stereocenters. The average Bonchev–Trinajstić information content (AvgIpc) is 3.22. The molecular formula is C25H28F3N3O. The van der Waals surface area contributed by atoms with Gasteiger partial charge in [0.1, 0.15) is 11.7 Å². The van der Waals surface area contributed by atoms with Gasteiger partial charge in [-0.2, -0.15) is 13.2 Å². The molecule has 3 atom stereocenters. The number of amides is 1. The van der Waals surface area contributed by atoms with Crippen molar-refractivity contribution in [3.63, 3.8) is 0 Å². The molecule has 1 aliphatic rings. The van der Waals surface area contributed by atoms with Crippen LogP contribution >= 0.6 is 0 Å². The number of aromatic amines is 1. The maximum atomic E-state index is 13.8. The molecule has 170 valence electrons. The van der Waals surface area contributed by atoms with Gasteiger partial charge in [-0.15, -0.1) is 0 Å². The van der Waals surface area contributed by atoms with Gasteiger partial charge < -0.3 is 9.88 Å². The summed E-state index contributed by atoms with van der Waals surface area (Å²) in [6.45, 7) is 2.42. The number of fused-ring (bicyclic) bond motifs is 1. The molecule has 0 spiro atoms. The Kier molecular flexibility index (Phi) is 6.55. The van der Waals surface area contributed by atoms with Gasteiger partial charge in [-0.3, -0.25) is 10.1 Å². The SMILES string of the molecule is CCN(C(=O)c1cc2ccccc2[nH]1)C1CCCC(NC(c2ccccc2)C(F)(F)F)C1. The first-order valence-corrected chi connectivity index (χ1v) is 11.1. The molecule has 7 heteroatoms. The number of carbonyl (C=O) groups excluding carboxylic acids is 1. The molecule has 0 saturated heterocycles. The van der Waals surface area contributed by atoms with Crippen molar-refractivity contribution in [1.82, 2.24) is 15.2 Å². The van der Waals surface area contributed by atoms with E-state index in [0.717, 1.165) is 23.7 Å². The minimum absolute atomic E-state index is 0.102. The van der Waals surface area contributed by atoms with Crippen LogP contribution in [0.5, 0.6) is 0 Å². The average molecular weight is 444 g/mol. The summed E-state index contributed by atoms with van der Waals surface area (Å²) in [7, 11) is 0. The second-order valence-corrected chi connectivity index (χ2v) is 8.43. The fraction of sp³-hybridized carbons (Fsp3) is 0.400. The number of para-hydroxylation sites is 1. The zero-order valence-electron chi connectivity index (χ0n) is 18.0. The highest BCUT2D eigenvalue weighted by Crippen LogP contribution is 2.35. The standard InChI is InChI=1S/C25H28F3N3O/c1-2-31(24(32)22-15-18-11-6-7-14-21(18)30-22)20-13-8-12-19(16-20)29-23(25(26,27)28)17-9-4-3-5-10-17/h3-7,9-11,14-15,19-20,23,29-30H,2,8,12-13,16H2,1H3. The first-order chi connectivity index (χ1) is 15.4. The maximum absolute atomic E-state index is 13.8. The Balaban J connectivity index is 1.49. The molecule has 0 aliphatic heterocycles. The number of alkyl halides is 3. The lowest BCUT2D eigenvalue weighted by Crippen LogP contribution is -2.49. The molecule has 1 aromatic heterocycles. The van der Waals surface area contributed by atoms with Crippen LogP contribution in [0.2, 0.25) is 0 Å². The summed E-state index contributed by atoms with van der Waals surface area (Å²) in [5.41, 5.74) is 1.62. The third-order valence-corrected chi connectivity index (χ3v) is 6.31. The van der Waals surface area contributed by atoms with E-state index in [1.165, 1.54) is 12.1 Å². The van der Waals surface area contributed by atoms with E-state index in [0.29, 0.717) is 25.1 Å². The van der Waals surface area contributed by atoms with Gasteiger partial charge in [0.2, 0.25) is 0 Å². The Labute approximate surface area is 185 Å². The first-order valence-electron chi connectivity index (χ1n) is 11.1. The summed E-state index contributed by atoms with van der Waals surface area (Å²) in [6, 6.07) is 15.4. The van der Waals surface area contributed by atoms with Gasteiger partial charge in [0.25, 0.3) is 5.91 Å². The Morgan fingerprint density at radius 1 is 1.12 bits per heavy atom. The van der Waals surface area contributed by atoms with Gasteiger partial charge in [-0.05, 0) is 50.3 Å². The molecule has 1 amide bonds. The lowest BCUT2D eigenvalue weighted by molar-refractivity contribution is -0.160. The number of carbonyl (C=O) groups is 1. The Morgan fingerprint density at radius 3 is 2.53 bits per heavy atom. The van der Waals surface area contributed by atoms with Crippen LogP contribution in [0.4, 0.5) is 13.2 Å². The van der Waals surface area contributed by atoms with Crippen LogP contribution in [0.3, 0.4) is 0 Å². The smallest absolute Gasteiger partial charge is 0.351 e. The van der Waals surface area contributed by atoms with Crippen LogP contribution in [0.15, 0.2) is 60.7 Å². The highest BCUT2D eigenvalue weighted by atomic mass is 19.4. The van der Waals surface area contributed by atoms with E-state index < -0.39 is 12.2 Å². The van der Waals surface area contributed by atoms with Crippen molar-refractivity contribution in [3.8, 4) is 0 Å². The number of nitrogens with one attached hydrogen (secondary N) is 2. The fourth-order valence-electron chi connectivity index (χ4n) is 4.77. The Bertz CT molecular complexity index is 1010. The topological polar surface area (TPSA) is 48.1 Å². The number of nitrogens with zero attached hydrogens (tertiary/aromatic N) is 1. The maximum Gasteiger partial charge on any atom is 0.407 e. The summed E-state index contributed by atoms with van der Waals surface area (Å²) in [6.07, 6.45) is -1.66. The van der Waals surface area contributed by atoms with Gasteiger partial charge in [-0.25, -0.2) is 0 Å². The van der Waals surface area contributed by atoms with Crippen molar-refractivity contribution in [2.75, 3.05) is 6.54 Å². The van der Waals surface area contributed by atoms with Gasteiger partial charge >= 0.3 is 6.18 Å². The predicted octanol–water partition coefficient (Wildman–Crippen LogP) is 5.83. The van der Waals surface area contributed by atoms with Crippen LogP contribution in [-0.4, -0.2) is 40.6 Å². The highest BCUT2D eigenvalue weighted by molar-refractivity contribution is 5.98. The molecule has 0 bridgehead atoms. The molecule has 2 N–H and O–H groups in total. The molecule has 4 nitrogen and oxygen atoms in total. The molecule has 2 aromatic carbocycles. The van der Waals surface area contributed by atoms with Gasteiger partial charge in [0.05, 0.1) is 0 Å². The van der Waals surface area contributed by atoms with E-state index >= 15 is 0 Å². The molecule has 0 radical (unpaired) electrons. The molecule has 3 aromatic rings. The van der Waals surface area contributed by atoms with Crippen LogP contribution in [0.1, 0.15) is 54.7 Å². The van der Waals surface area contributed by atoms with Crippen molar-refractivity contribution in [2.45, 2.75) is 56.9 Å². The Morgan fingerprint density at radius 2 is 1.84 bits per heavy atom. The quantitative estimate of drug-likeness (QED) is 0.503. The number of hydrogen-bond donors (Lipinski definition) is 2. The van der Waals surface area contributed by atoms with E-state index in [4.69, 9.17) is 0 Å². The predicted molar refractivity (Wildman–Crippen MR) is 119 cm³/mol. The second kappa shape index (κ2) is 9.36. The summed E-state index contributed by atoms with van der Waals surface area (Å²) in [5, 5.41) is 3.81. The lowest BCUT2D eigenvalue weighted by atomic mass is 9.88. The number of H-pyrrole nitrogens is 1. The summed E-state index contributed by atoms with van der Waals surface area (Å²) >= 11 is 0. The van der Waals surface area contributed by atoms with Crippen molar-refractivity contribution in [2.24, 2.45) is 0 Å². The number of halogens is 3. The third-order valence-electron chi connectivity index (χ3n) is 6.31. The minimum Gasteiger partial charge on any atom is -0.351 e. The number of benzene rings is 2. The molecule has 1 fully saturated rings. The van der Waals surface area contributed by atoms with E-state index in [2.05, 4.69) is 10.3 Å². The van der Waals surface area contributed by atoms with E-state index in [-0.39, 0.29) is 23.6 Å². The fourth-order valence-corrected chi connectivity index (χ4v) is 4.77. The van der Waals surface area contributed by atoms with Gasteiger partial charge in [-0.1, -0.05) is 48.5 Å². The van der Waals surface area contributed by atoms with E-state index in [1.54, 1.807) is 23.1 Å². The normalized spacial score (nSPS) is 20.2. The van der Waals surface area contributed by atoms with Crippen molar-refractivity contribution in [3.05, 3.63) is 71.9 Å². The van der Waals surface area contributed by atoms with Gasteiger partial charge in [0.15, 0.2) is 0 Å². The summed E-state index contributed by atoms with van der Waals surface area (Å²) < 4.78 is 41.4. The number of rotatable bonds is 6. The van der Waals surface area contributed by atoms with Crippen molar-refractivity contribution >= 4 is 16.8 Å². The number of aromatic nitrogens is 1. The molecule has 1 aliphatic carbocycles. The van der Waals surface area contributed by atoms with E-state index in [9.17, 15) is 18.0 Å². The second-order valence-electron chi connectivity index (χ2n) is 8.43. The largest absolute Gasteiger partial charge is 0.407 e. The highest BCUT2D eigenvalue weighted by Gasteiger charge is 2.42. The van der Waals surface area contributed by atoms with Crippen LogP contribution < -0.4 is 5.32 Å². The molecule has 1 heterocycles. The van der Waals surface area contributed by atoms with E-state index in [1.807, 2.05) is 37.3 Å². The van der Waals surface area contributed by atoms with Crippen LogP contribution in [-0.2, 0) is 0 Å². The number of hydrogen-bond acceptors (Lipinski definition) is 2. The zero-order chi connectivity index (χ0) is 22.7.